The Morgan fingerprint density at radius 1 is 0.667 bits per heavy atom. The number of allylic oxidation sites excluding steroid dienone is 1. The van der Waals surface area contributed by atoms with Crippen molar-refractivity contribution >= 4 is 0 Å². The van der Waals surface area contributed by atoms with E-state index in [1.807, 2.05) is 19.3 Å². The van der Waals surface area contributed by atoms with E-state index >= 15 is 0 Å². The monoisotopic (exact) mass is 514 g/mol. The Morgan fingerprint density at radius 2 is 1.08 bits per heavy atom. The molecule has 2 aliphatic heterocycles. The molecule has 2 saturated heterocycles. The van der Waals surface area contributed by atoms with Gasteiger partial charge in [0.15, 0.2) is 0 Å². The molecule has 6 nitrogen and oxygen atoms in total. The summed E-state index contributed by atoms with van der Waals surface area (Å²) in [5.41, 5.74) is -0.177. The molecule has 0 saturated carbocycles. The van der Waals surface area contributed by atoms with E-state index in [4.69, 9.17) is 19.1 Å². The van der Waals surface area contributed by atoms with Gasteiger partial charge in [0.05, 0.1) is 25.7 Å². The Kier molecular flexibility index (Phi) is 15.2. The fraction of sp³-hybridized carbons (Fsp3) is 0.867. The molecule has 0 aromatic rings. The van der Waals surface area contributed by atoms with Crippen LogP contribution in [0.25, 0.3) is 0 Å². The third-order valence-electron chi connectivity index (χ3n) is 6.70. The molecule has 0 spiro atoms. The van der Waals surface area contributed by atoms with Crippen molar-refractivity contribution in [2.75, 3.05) is 19.8 Å². The van der Waals surface area contributed by atoms with E-state index in [2.05, 4.69) is 78.5 Å². The molecule has 0 aliphatic carbocycles. The molecule has 216 valence electrons. The number of rotatable bonds is 10. The van der Waals surface area contributed by atoms with Crippen LogP contribution < -0.4 is 0 Å². The minimum absolute atomic E-state index is 0. The minimum Gasteiger partial charge on any atom is -0.498 e. The summed E-state index contributed by atoms with van der Waals surface area (Å²) in [6, 6.07) is 0. The first kappa shape index (κ1) is 37.1. The molecular weight excluding hydrogens is 452 g/mol. The summed E-state index contributed by atoms with van der Waals surface area (Å²) in [7, 11) is 0. The van der Waals surface area contributed by atoms with E-state index in [9.17, 15) is 0 Å². The van der Waals surface area contributed by atoms with Crippen LogP contribution in [0.5, 0.6) is 0 Å². The molecule has 0 aromatic heterocycles. The summed E-state index contributed by atoms with van der Waals surface area (Å²) in [5.74, 6) is 0.465. The van der Waals surface area contributed by atoms with Crippen LogP contribution in [-0.2, 0) is 19.1 Å². The average molecular weight is 515 g/mol. The molecule has 0 amide bonds. The van der Waals surface area contributed by atoms with Crippen LogP contribution in [0.2, 0.25) is 0 Å². The molecule has 2 fully saturated rings. The van der Waals surface area contributed by atoms with Gasteiger partial charge in [0.25, 0.3) is 0 Å². The van der Waals surface area contributed by atoms with Gasteiger partial charge in [-0.25, -0.2) is 0 Å². The second-order valence-corrected chi connectivity index (χ2v) is 12.0. The molecule has 2 rings (SSSR count). The van der Waals surface area contributed by atoms with Gasteiger partial charge in [-0.3, -0.25) is 9.68 Å². The highest BCUT2D eigenvalue weighted by atomic mass is 16.7. The predicted octanol–water partition coefficient (Wildman–Crippen LogP) is 8.15. The average Bonchev–Trinajstić information content (AvgIpc) is 2.65. The Balaban J connectivity index is 0. The van der Waals surface area contributed by atoms with Crippen LogP contribution in [-0.4, -0.2) is 58.2 Å². The van der Waals surface area contributed by atoms with E-state index in [1.165, 1.54) is 0 Å². The van der Waals surface area contributed by atoms with Crippen molar-refractivity contribution in [2.24, 2.45) is 5.92 Å². The lowest BCUT2D eigenvalue weighted by atomic mass is 9.75. The van der Waals surface area contributed by atoms with Crippen LogP contribution in [0, 0.1) is 5.92 Å². The van der Waals surface area contributed by atoms with Crippen LogP contribution in [0.4, 0.5) is 0 Å². The fourth-order valence-electron chi connectivity index (χ4n) is 6.19. The maximum Gasteiger partial charge on any atom is 0.109 e. The molecule has 0 unspecified atom stereocenters. The molecular formula is C30H62N2O4. The summed E-state index contributed by atoms with van der Waals surface area (Å²) >= 11 is 0. The van der Waals surface area contributed by atoms with Gasteiger partial charge in [-0.1, -0.05) is 22.3 Å². The smallest absolute Gasteiger partial charge is 0.109 e. The van der Waals surface area contributed by atoms with E-state index in [1.54, 1.807) is 6.26 Å². The van der Waals surface area contributed by atoms with Crippen LogP contribution >= 0.6 is 0 Å². The van der Waals surface area contributed by atoms with Crippen LogP contribution in [0.1, 0.15) is 117 Å². The first-order valence-electron chi connectivity index (χ1n) is 12.7. The first-order chi connectivity index (χ1) is 15.2. The number of nitrogens with zero attached hydrogens (tertiary/aromatic N) is 2. The predicted molar refractivity (Wildman–Crippen MR) is 155 cm³/mol. The summed E-state index contributed by atoms with van der Waals surface area (Å²) in [4.78, 5) is 11.9. The van der Waals surface area contributed by atoms with Crippen molar-refractivity contribution in [3.05, 3.63) is 24.7 Å². The van der Waals surface area contributed by atoms with Crippen molar-refractivity contribution in [1.82, 2.24) is 10.1 Å². The lowest BCUT2D eigenvalue weighted by molar-refractivity contribution is -0.290. The van der Waals surface area contributed by atoms with Gasteiger partial charge in [-0.2, -0.15) is 10.1 Å². The standard InChI is InChI=1S/C27H50N2O4.3CH4/c1-11-32-28-24(3,4)18-22(19-25(28,5)6)14-17-30-15-13-16-31-23-20-26(7,8)29(33-12-2)27(9,10)21-23;;;/h13-14,16-17,22-23H,11-12,15,18-21H2,1-10H3;3*1H4. The molecule has 0 N–H and O–H groups in total. The van der Waals surface area contributed by atoms with Gasteiger partial charge < -0.3 is 9.47 Å². The van der Waals surface area contributed by atoms with Crippen molar-refractivity contribution in [3.63, 3.8) is 0 Å². The quantitative estimate of drug-likeness (QED) is 0.216. The number of hydrogen-bond donors (Lipinski definition) is 0. The largest absolute Gasteiger partial charge is 0.498 e. The first-order valence-corrected chi connectivity index (χ1v) is 12.7. The van der Waals surface area contributed by atoms with Crippen molar-refractivity contribution in [3.8, 4) is 0 Å². The summed E-state index contributed by atoms with van der Waals surface area (Å²) in [5, 5.41) is 4.34. The second-order valence-electron chi connectivity index (χ2n) is 12.0. The number of hydrogen-bond acceptors (Lipinski definition) is 6. The Labute approximate surface area is 225 Å². The Morgan fingerprint density at radius 3 is 1.50 bits per heavy atom. The van der Waals surface area contributed by atoms with Crippen LogP contribution in [0.3, 0.4) is 0 Å². The third kappa shape index (κ3) is 9.66. The Hall–Kier alpha value is -1.08. The van der Waals surface area contributed by atoms with Gasteiger partial charge >= 0.3 is 0 Å². The molecule has 0 bridgehead atoms. The van der Waals surface area contributed by atoms with Gasteiger partial charge in [0.2, 0.25) is 0 Å². The number of hydroxylamine groups is 4. The molecule has 0 aromatic carbocycles. The maximum absolute atomic E-state index is 6.08. The topological polar surface area (TPSA) is 43.4 Å². The lowest BCUT2D eigenvalue weighted by Gasteiger charge is -2.53. The highest BCUT2D eigenvalue weighted by Gasteiger charge is 2.47. The fourth-order valence-corrected chi connectivity index (χ4v) is 6.19. The maximum atomic E-state index is 6.08. The van der Waals surface area contributed by atoms with Gasteiger partial charge in [0, 0.05) is 35.0 Å². The Bertz CT molecular complexity index is 634. The normalized spacial score (nSPS) is 24.1. The summed E-state index contributed by atoms with van der Waals surface area (Å²) in [6.45, 7) is 23.9. The zero-order valence-corrected chi connectivity index (χ0v) is 22.9. The zero-order chi connectivity index (χ0) is 24.9. The van der Waals surface area contributed by atoms with Crippen molar-refractivity contribution in [1.29, 1.82) is 0 Å². The summed E-state index contributed by atoms with van der Waals surface area (Å²) < 4.78 is 11.8. The molecule has 2 aliphatic rings. The summed E-state index contributed by atoms with van der Waals surface area (Å²) in [6.07, 6.45) is 11.9. The van der Waals surface area contributed by atoms with E-state index < -0.39 is 0 Å². The van der Waals surface area contributed by atoms with Gasteiger partial charge in [-0.15, -0.1) is 0 Å². The highest BCUT2D eigenvalue weighted by molar-refractivity contribution is 5.02. The molecule has 2 heterocycles. The number of piperidine rings is 2. The molecule has 0 atom stereocenters. The van der Waals surface area contributed by atoms with E-state index in [0.717, 1.165) is 25.7 Å². The third-order valence-corrected chi connectivity index (χ3v) is 6.70. The lowest BCUT2D eigenvalue weighted by Crippen LogP contribution is -2.61. The minimum atomic E-state index is -0.0746. The van der Waals surface area contributed by atoms with E-state index in [-0.39, 0.29) is 50.5 Å². The molecule has 0 radical (unpaired) electrons. The zero-order valence-electron chi connectivity index (χ0n) is 22.9. The second kappa shape index (κ2) is 14.8. The van der Waals surface area contributed by atoms with Gasteiger partial charge in [-0.05, 0) is 100 Å². The van der Waals surface area contributed by atoms with Gasteiger partial charge in [0.1, 0.15) is 12.7 Å². The molecule has 6 heteroatoms. The van der Waals surface area contributed by atoms with Crippen molar-refractivity contribution < 1.29 is 19.1 Å². The van der Waals surface area contributed by atoms with Crippen molar-refractivity contribution in [2.45, 2.75) is 145 Å². The SMILES string of the molecule is C.C.C.CCON1C(C)(C)CC(C=COCC=COC2CC(C)(C)N(OCC)C(C)(C)C2)CC1(C)C. The van der Waals surface area contributed by atoms with E-state index in [0.29, 0.717) is 25.7 Å². The molecule has 36 heavy (non-hydrogen) atoms. The highest BCUT2D eigenvalue weighted by Crippen LogP contribution is 2.42. The van der Waals surface area contributed by atoms with Crippen LogP contribution in [0.15, 0.2) is 24.7 Å². The number of ether oxygens (including phenoxy) is 2.